The average molecular weight is 544 g/mol. The lowest BCUT2D eigenvalue weighted by Gasteiger charge is -2.25. The summed E-state index contributed by atoms with van der Waals surface area (Å²) in [4.78, 5) is 49.9. The van der Waals surface area contributed by atoms with E-state index in [-0.39, 0.29) is 38.2 Å². The van der Waals surface area contributed by atoms with Gasteiger partial charge in [0.15, 0.2) is 0 Å². The number of benzene rings is 1. The highest BCUT2D eigenvalue weighted by Gasteiger charge is 2.29. The number of anilines is 1. The molecule has 2 rings (SSSR count). The molecule has 5 amide bonds. The summed E-state index contributed by atoms with van der Waals surface area (Å²) >= 11 is 0. The van der Waals surface area contributed by atoms with E-state index < -0.39 is 35.8 Å². The number of aliphatic hydroxyl groups excluding tert-OH is 1. The Morgan fingerprint density at radius 1 is 1.08 bits per heavy atom. The van der Waals surface area contributed by atoms with E-state index in [1.54, 1.807) is 38.1 Å². The van der Waals surface area contributed by atoms with Crippen LogP contribution < -0.4 is 27.0 Å². The number of hydrogen-bond donors (Lipinski definition) is 6. The number of urea groups is 1. The summed E-state index contributed by atoms with van der Waals surface area (Å²) < 4.78 is 5.69. The minimum absolute atomic E-state index is 0.124. The van der Waals surface area contributed by atoms with Gasteiger partial charge in [0.25, 0.3) is 0 Å². The Morgan fingerprint density at radius 2 is 1.82 bits per heavy atom. The Hall–Kier alpha value is -3.62. The van der Waals surface area contributed by atoms with E-state index in [0.717, 1.165) is 32.1 Å². The van der Waals surface area contributed by atoms with E-state index >= 15 is 0 Å². The molecule has 1 aromatic carbocycles. The second kappa shape index (κ2) is 17.1. The third-order valence-electron chi connectivity index (χ3n) is 6.22. The maximum Gasteiger partial charge on any atom is 0.312 e. The molecule has 2 unspecified atom stereocenters. The van der Waals surface area contributed by atoms with Crippen molar-refractivity contribution in [3.8, 4) is 11.8 Å². The SMILES string of the molecule is CC(C)[C@H](NC(=O)COC1C#CCCCCC1)C(=O)NC(CCCNC(N)=O)C(=O)Nc1ccc(CO)cc1. The Bertz CT molecular complexity index is 1020. The molecule has 0 heterocycles. The van der Waals surface area contributed by atoms with Gasteiger partial charge in [-0.05, 0) is 55.7 Å². The van der Waals surface area contributed by atoms with Crippen molar-refractivity contribution in [2.45, 2.75) is 83.6 Å². The molecule has 214 valence electrons. The lowest BCUT2D eigenvalue weighted by Crippen LogP contribution is -2.55. The number of ether oxygens (including phenoxy) is 1. The smallest absolute Gasteiger partial charge is 0.312 e. The predicted octanol–water partition coefficient (Wildman–Crippen LogP) is 1.54. The first kappa shape index (κ1) is 31.6. The van der Waals surface area contributed by atoms with Crippen LogP contribution in [0.5, 0.6) is 0 Å². The van der Waals surface area contributed by atoms with Gasteiger partial charge in [-0.25, -0.2) is 4.79 Å². The van der Waals surface area contributed by atoms with Gasteiger partial charge in [-0.3, -0.25) is 14.4 Å². The lowest BCUT2D eigenvalue weighted by atomic mass is 10.0. The van der Waals surface area contributed by atoms with Gasteiger partial charge in [-0.2, -0.15) is 0 Å². The average Bonchev–Trinajstić information content (AvgIpc) is 2.88. The number of hydrogen-bond acceptors (Lipinski definition) is 6. The summed E-state index contributed by atoms with van der Waals surface area (Å²) in [7, 11) is 0. The molecule has 11 nitrogen and oxygen atoms in total. The molecule has 1 aromatic rings. The standard InChI is InChI=1S/C28H41N5O6/c1-19(2)25(33-24(35)18-39-22-9-6-4-3-5-7-10-22)27(37)32-23(11-8-16-30-28(29)38)26(36)31-21-14-12-20(17-34)13-15-21/h12-15,19,22-23,25,34H,3-6,8-9,11,16-18H2,1-2H3,(H,31,36)(H,32,37)(H,33,35)(H3,29,30,38)/t22?,23?,25-/m0/s1. The fourth-order valence-corrected chi connectivity index (χ4v) is 4.00. The third kappa shape index (κ3) is 12.2. The summed E-state index contributed by atoms with van der Waals surface area (Å²) in [5.41, 5.74) is 6.29. The maximum atomic E-state index is 13.2. The normalized spacial score (nSPS) is 16.5. The van der Waals surface area contributed by atoms with Crippen molar-refractivity contribution < 1.29 is 29.0 Å². The zero-order chi connectivity index (χ0) is 28.6. The van der Waals surface area contributed by atoms with Crippen LogP contribution in [-0.2, 0) is 25.7 Å². The van der Waals surface area contributed by atoms with E-state index in [1.807, 2.05) is 0 Å². The number of carbonyl (C=O) groups excluding carboxylic acids is 4. The first-order chi connectivity index (χ1) is 18.7. The largest absolute Gasteiger partial charge is 0.392 e. The summed E-state index contributed by atoms with van der Waals surface area (Å²) in [5.74, 6) is 4.45. The van der Waals surface area contributed by atoms with Gasteiger partial charge in [0.05, 0.1) is 6.61 Å². The predicted molar refractivity (Wildman–Crippen MR) is 147 cm³/mol. The molecule has 0 aliphatic heterocycles. The Morgan fingerprint density at radius 3 is 2.49 bits per heavy atom. The van der Waals surface area contributed by atoms with Gasteiger partial charge in [0.2, 0.25) is 17.7 Å². The molecule has 0 saturated carbocycles. The second-order valence-electron chi connectivity index (χ2n) is 9.85. The molecular weight excluding hydrogens is 502 g/mol. The van der Waals surface area contributed by atoms with Crippen molar-refractivity contribution in [1.29, 1.82) is 0 Å². The van der Waals surface area contributed by atoms with Gasteiger partial charge < -0.3 is 36.8 Å². The number of primary amides is 1. The quantitative estimate of drug-likeness (QED) is 0.153. The van der Waals surface area contributed by atoms with E-state index in [9.17, 15) is 24.3 Å². The molecule has 0 aromatic heterocycles. The zero-order valence-electron chi connectivity index (χ0n) is 22.8. The number of carbonyl (C=O) groups is 4. The molecule has 1 aliphatic carbocycles. The minimum Gasteiger partial charge on any atom is -0.392 e. The molecule has 3 atom stereocenters. The second-order valence-corrected chi connectivity index (χ2v) is 9.85. The number of amides is 5. The van der Waals surface area contributed by atoms with E-state index in [0.29, 0.717) is 17.7 Å². The maximum absolute atomic E-state index is 13.2. The van der Waals surface area contributed by atoms with Gasteiger partial charge in [0, 0.05) is 18.7 Å². The molecule has 0 saturated heterocycles. The van der Waals surface area contributed by atoms with Crippen molar-refractivity contribution in [3.63, 3.8) is 0 Å². The van der Waals surface area contributed by atoms with Crippen molar-refractivity contribution in [1.82, 2.24) is 16.0 Å². The van der Waals surface area contributed by atoms with Crippen LogP contribution in [0.15, 0.2) is 24.3 Å². The van der Waals surface area contributed by atoms with Gasteiger partial charge in [0.1, 0.15) is 24.8 Å². The monoisotopic (exact) mass is 543 g/mol. The van der Waals surface area contributed by atoms with Crippen LogP contribution in [0, 0.1) is 17.8 Å². The molecular formula is C28H41N5O6. The molecule has 0 bridgehead atoms. The van der Waals surface area contributed by atoms with Gasteiger partial charge in [-0.1, -0.05) is 38.3 Å². The molecule has 1 aliphatic rings. The summed E-state index contributed by atoms with van der Waals surface area (Å²) in [6.07, 6.45) is 5.01. The highest BCUT2D eigenvalue weighted by atomic mass is 16.5. The number of nitrogens with two attached hydrogens (primary N) is 1. The third-order valence-corrected chi connectivity index (χ3v) is 6.22. The number of nitrogens with one attached hydrogen (secondary N) is 4. The van der Waals surface area contributed by atoms with Crippen molar-refractivity contribution in [2.75, 3.05) is 18.5 Å². The van der Waals surface area contributed by atoms with E-state index in [4.69, 9.17) is 10.5 Å². The van der Waals surface area contributed by atoms with Crippen LogP contribution in [0.4, 0.5) is 10.5 Å². The molecule has 11 heteroatoms. The van der Waals surface area contributed by atoms with Crippen molar-refractivity contribution >= 4 is 29.4 Å². The molecule has 0 spiro atoms. The van der Waals surface area contributed by atoms with E-state index in [2.05, 4.69) is 33.1 Å². The Balaban J connectivity index is 2.01. The van der Waals surface area contributed by atoms with Crippen LogP contribution in [0.1, 0.15) is 64.4 Å². The summed E-state index contributed by atoms with van der Waals surface area (Å²) in [6, 6.07) is 4.13. The van der Waals surface area contributed by atoms with Crippen molar-refractivity contribution in [2.24, 2.45) is 11.7 Å². The van der Waals surface area contributed by atoms with Crippen LogP contribution in [0.25, 0.3) is 0 Å². The fourth-order valence-electron chi connectivity index (χ4n) is 4.00. The first-order valence-electron chi connectivity index (χ1n) is 13.4. The van der Waals surface area contributed by atoms with Crippen LogP contribution in [-0.4, -0.2) is 60.2 Å². The molecule has 0 radical (unpaired) electrons. The van der Waals surface area contributed by atoms with E-state index in [1.165, 1.54) is 0 Å². The topological polar surface area (TPSA) is 172 Å². The van der Waals surface area contributed by atoms with Crippen LogP contribution in [0.3, 0.4) is 0 Å². The highest BCUT2D eigenvalue weighted by molar-refractivity contribution is 5.98. The van der Waals surface area contributed by atoms with Crippen molar-refractivity contribution in [3.05, 3.63) is 29.8 Å². The Labute approximate surface area is 230 Å². The molecule has 7 N–H and O–H groups in total. The van der Waals surface area contributed by atoms with Gasteiger partial charge in [-0.15, -0.1) is 5.92 Å². The number of rotatable bonds is 14. The molecule has 0 fully saturated rings. The Kier molecular flexibility index (Phi) is 13.8. The lowest BCUT2D eigenvalue weighted by molar-refractivity contribution is -0.134. The number of aliphatic hydroxyl groups is 1. The summed E-state index contributed by atoms with van der Waals surface area (Å²) in [5, 5.41) is 19.9. The zero-order valence-corrected chi connectivity index (χ0v) is 22.8. The minimum atomic E-state index is -0.940. The fraction of sp³-hybridized carbons (Fsp3) is 0.571. The highest BCUT2D eigenvalue weighted by Crippen LogP contribution is 2.13. The van der Waals surface area contributed by atoms with Crippen LogP contribution in [0.2, 0.25) is 0 Å². The summed E-state index contributed by atoms with van der Waals surface area (Å²) in [6.45, 7) is 3.47. The van der Waals surface area contributed by atoms with Gasteiger partial charge >= 0.3 is 6.03 Å². The van der Waals surface area contributed by atoms with Crippen LogP contribution >= 0.6 is 0 Å². The molecule has 39 heavy (non-hydrogen) atoms. The first-order valence-corrected chi connectivity index (χ1v) is 13.4.